The highest BCUT2D eigenvalue weighted by molar-refractivity contribution is 14.1. The number of hydrogen-bond donors (Lipinski definition) is 1. The number of halogens is 1. The molecule has 0 unspecified atom stereocenters. The monoisotopic (exact) mass is 298 g/mol. The van der Waals surface area contributed by atoms with Gasteiger partial charge in [0.2, 0.25) is 0 Å². The van der Waals surface area contributed by atoms with Crippen LogP contribution in [0.2, 0.25) is 0 Å². The van der Waals surface area contributed by atoms with Gasteiger partial charge in [-0.15, -0.1) is 0 Å². The van der Waals surface area contributed by atoms with Gasteiger partial charge in [0.05, 0.1) is 4.90 Å². The Kier molecular flexibility index (Phi) is 2.74. The fraction of sp³-hybridized carbons (Fsp3) is 0.143. The van der Waals surface area contributed by atoms with Gasteiger partial charge < -0.3 is 0 Å². The van der Waals surface area contributed by atoms with Gasteiger partial charge in [0.25, 0.3) is 10.1 Å². The minimum absolute atomic E-state index is 0.0579. The zero-order chi connectivity index (χ0) is 9.35. The first kappa shape index (κ1) is 9.94. The van der Waals surface area contributed by atoms with Crippen molar-refractivity contribution >= 4 is 32.7 Å². The van der Waals surface area contributed by atoms with Crippen molar-refractivity contribution < 1.29 is 13.0 Å². The zero-order valence-electron chi connectivity index (χ0n) is 6.28. The smallest absolute Gasteiger partial charge is 0.282 e. The Balaban J connectivity index is 3.33. The van der Waals surface area contributed by atoms with Crippen LogP contribution in [0.25, 0.3) is 0 Å². The molecule has 0 fully saturated rings. The van der Waals surface area contributed by atoms with Gasteiger partial charge in [0.15, 0.2) is 0 Å². The quantitative estimate of drug-likeness (QED) is 0.636. The Morgan fingerprint density at radius 3 is 2.42 bits per heavy atom. The minimum atomic E-state index is -4.05. The average molecular weight is 298 g/mol. The molecule has 0 aliphatic carbocycles. The molecule has 0 spiro atoms. The summed E-state index contributed by atoms with van der Waals surface area (Å²) in [4.78, 5) is -0.0579. The first-order valence-corrected chi connectivity index (χ1v) is 5.67. The molecule has 0 saturated heterocycles. The zero-order valence-corrected chi connectivity index (χ0v) is 9.26. The summed E-state index contributed by atoms with van der Waals surface area (Å²) >= 11 is 2.01. The third-order valence-electron chi connectivity index (χ3n) is 1.44. The molecular formula is C7H7IO3S. The highest BCUT2D eigenvalue weighted by Crippen LogP contribution is 2.16. The molecular weight excluding hydrogens is 291 g/mol. The molecule has 0 bridgehead atoms. The number of rotatable bonds is 1. The van der Waals surface area contributed by atoms with E-state index in [1.807, 2.05) is 29.5 Å². The molecule has 1 aromatic rings. The molecule has 0 aliphatic rings. The third kappa shape index (κ3) is 2.18. The highest BCUT2D eigenvalue weighted by Gasteiger charge is 2.09. The van der Waals surface area contributed by atoms with Crippen molar-refractivity contribution in [1.82, 2.24) is 0 Å². The first-order chi connectivity index (χ1) is 5.41. The van der Waals surface area contributed by atoms with E-state index in [0.717, 1.165) is 9.13 Å². The van der Waals surface area contributed by atoms with Gasteiger partial charge in [-0.25, -0.2) is 0 Å². The molecule has 0 atom stereocenters. The van der Waals surface area contributed by atoms with Gasteiger partial charge in [-0.3, -0.25) is 4.55 Å². The maximum Gasteiger partial charge on any atom is 0.294 e. The Bertz CT molecular complexity index is 397. The Morgan fingerprint density at radius 2 is 2.00 bits per heavy atom. The van der Waals surface area contributed by atoms with Crippen molar-refractivity contribution in [3.05, 3.63) is 27.3 Å². The molecule has 0 aromatic heterocycles. The van der Waals surface area contributed by atoms with E-state index in [4.69, 9.17) is 4.55 Å². The van der Waals surface area contributed by atoms with Crippen molar-refractivity contribution in [1.29, 1.82) is 0 Å². The van der Waals surface area contributed by atoms with E-state index in [0.29, 0.717) is 0 Å². The van der Waals surface area contributed by atoms with Crippen molar-refractivity contribution in [2.75, 3.05) is 0 Å². The molecule has 3 nitrogen and oxygen atoms in total. The molecule has 12 heavy (non-hydrogen) atoms. The SMILES string of the molecule is Cc1ccc(S(=O)(=O)O)cc1I. The largest absolute Gasteiger partial charge is 0.294 e. The van der Waals surface area contributed by atoms with Crippen LogP contribution in [0.1, 0.15) is 5.56 Å². The predicted molar refractivity (Wildman–Crippen MR) is 53.7 cm³/mol. The first-order valence-electron chi connectivity index (χ1n) is 3.15. The van der Waals surface area contributed by atoms with Crippen LogP contribution in [-0.2, 0) is 10.1 Å². The van der Waals surface area contributed by atoms with E-state index in [2.05, 4.69) is 0 Å². The summed E-state index contributed by atoms with van der Waals surface area (Å²) in [5.74, 6) is 0. The molecule has 1 aromatic carbocycles. The van der Waals surface area contributed by atoms with Crippen LogP contribution in [-0.4, -0.2) is 13.0 Å². The average Bonchev–Trinajstić information content (AvgIpc) is 1.92. The van der Waals surface area contributed by atoms with E-state index in [1.165, 1.54) is 12.1 Å². The van der Waals surface area contributed by atoms with Crippen LogP contribution in [0.15, 0.2) is 23.1 Å². The van der Waals surface area contributed by atoms with E-state index in [1.54, 1.807) is 6.07 Å². The molecule has 1 rings (SSSR count). The second-order valence-electron chi connectivity index (χ2n) is 2.39. The molecule has 1 N–H and O–H groups in total. The molecule has 5 heteroatoms. The molecule has 0 heterocycles. The Hall–Kier alpha value is -0.140. The number of hydrogen-bond acceptors (Lipinski definition) is 2. The van der Waals surface area contributed by atoms with Crippen molar-refractivity contribution in [3.8, 4) is 0 Å². The van der Waals surface area contributed by atoms with Crippen LogP contribution < -0.4 is 0 Å². The van der Waals surface area contributed by atoms with E-state index >= 15 is 0 Å². The second kappa shape index (κ2) is 3.31. The lowest BCUT2D eigenvalue weighted by Crippen LogP contribution is -1.98. The van der Waals surface area contributed by atoms with E-state index in [9.17, 15) is 8.42 Å². The van der Waals surface area contributed by atoms with Crippen LogP contribution in [0.5, 0.6) is 0 Å². The lowest BCUT2D eigenvalue weighted by molar-refractivity contribution is 0.483. The van der Waals surface area contributed by atoms with E-state index < -0.39 is 10.1 Å². The predicted octanol–water partition coefficient (Wildman–Crippen LogP) is 1.85. The molecule has 0 aliphatic heterocycles. The van der Waals surface area contributed by atoms with Crippen molar-refractivity contribution in [3.63, 3.8) is 0 Å². The fourth-order valence-electron chi connectivity index (χ4n) is 0.734. The maximum atomic E-state index is 10.6. The summed E-state index contributed by atoms with van der Waals surface area (Å²) in [6.45, 7) is 1.87. The summed E-state index contributed by atoms with van der Waals surface area (Å²) < 4.78 is 30.8. The summed E-state index contributed by atoms with van der Waals surface area (Å²) in [7, 11) is -4.05. The fourth-order valence-corrected chi connectivity index (χ4v) is 1.97. The van der Waals surface area contributed by atoms with Gasteiger partial charge in [-0.2, -0.15) is 8.42 Å². The van der Waals surface area contributed by atoms with Crippen LogP contribution in [0.4, 0.5) is 0 Å². The molecule has 0 saturated carbocycles. The van der Waals surface area contributed by atoms with Crippen molar-refractivity contribution in [2.24, 2.45) is 0 Å². The lowest BCUT2D eigenvalue weighted by Gasteiger charge is -1.99. The summed E-state index contributed by atoms with van der Waals surface area (Å²) in [5.41, 5.74) is 0.989. The molecule has 0 radical (unpaired) electrons. The van der Waals surface area contributed by atoms with Gasteiger partial charge in [-0.1, -0.05) is 6.07 Å². The minimum Gasteiger partial charge on any atom is -0.282 e. The maximum absolute atomic E-state index is 10.6. The van der Waals surface area contributed by atoms with Crippen LogP contribution in [0.3, 0.4) is 0 Å². The topological polar surface area (TPSA) is 54.4 Å². The lowest BCUT2D eigenvalue weighted by atomic mass is 10.2. The normalized spacial score (nSPS) is 11.6. The highest BCUT2D eigenvalue weighted by atomic mass is 127. The van der Waals surface area contributed by atoms with Gasteiger partial charge in [0.1, 0.15) is 0 Å². The summed E-state index contributed by atoms with van der Waals surface area (Å²) in [6.07, 6.45) is 0. The molecule has 66 valence electrons. The van der Waals surface area contributed by atoms with Gasteiger partial charge in [0, 0.05) is 3.57 Å². The second-order valence-corrected chi connectivity index (χ2v) is 4.97. The van der Waals surface area contributed by atoms with Crippen LogP contribution in [0, 0.1) is 10.5 Å². The van der Waals surface area contributed by atoms with Crippen LogP contribution >= 0.6 is 22.6 Å². The van der Waals surface area contributed by atoms with Gasteiger partial charge >= 0.3 is 0 Å². The number of aryl methyl sites for hydroxylation is 1. The van der Waals surface area contributed by atoms with Gasteiger partial charge in [-0.05, 0) is 47.2 Å². The standard InChI is InChI=1S/C7H7IO3S/c1-5-2-3-6(4-7(5)8)12(9,10)11/h2-4H,1H3,(H,9,10,11). The number of benzene rings is 1. The molecule has 0 amide bonds. The van der Waals surface area contributed by atoms with Crippen molar-refractivity contribution in [2.45, 2.75) is 11.8 Å². The summed E-state index contributed by atoms with van der Waals surface area (Å²) in [6, 6.07) is 4.48. The Labute approximate surface area is 84.7 Å². The Morgan fingerprint density at radius 1 is 1.42 bits per heavy atom. The van der Waals surface area contributed by atoms with E-state index in [-0.39, 0.29) is 4.90 Å². The summed E-state index contributed by atoms with van der Waals surface area (Å²) in [5, 5.41) is 0. The third-order valence-corrected chi connectivity index (χ3v) is 3.45.